The second kappa shape index (κ2) is 23.4. The SMILES string of the molecule is CC(C)CCCCCN(CCCCCC(C)C)C(=N)N(CCCCCC(C)C)CCCCCC(C)C. The van der Waals surface area contributed by atoms with Crippen LogP contribution >= 0.6 is 0 Å². The summed E-state index contributed by atoms with van der Waals surface area (Å²) in [6.45, 7) is 22.9. The van der Waals surface area contributed by atoms with Gasteiger partial charge in [-0.25, -0.2) is 0 Å². The lowest BCUT2D eigenvalue weighted by Crippen LogP contribution is -2.45. The zero-order valence-electron chi connectivity index (χ0n) is 26.3. The highest BCUT2D eigenvalue weighted by molar-refractivity contribution is 5.76. The summed E-state index contributed by atoms with van der Waals surface area (Å²) in [5.74, 6) is 4.06. The summed E-state index contributed by atoms with van der Waals surface area (Å²) in [6.07, 6.45) is 20.9. The molecule has 0 aromatic rings. The lowest BCUT2D eigenvalue weighted by Gasteiger charge is -2.34. The van der Waals surface area contributed by atoms with Gasteiger partial charge in [0.05, 0.1) is 0 Å². The molecule has 0 saturated heterocycles. The molecule has 0 aromatic heterocycles. The van der Waals surface area contributed by atoms with E-state index >= 15 is 0 Å². The topological polar surface area (TPSA) is 30.3 Å². The molecule has 0 unspecified atom stereocenters. The van der Waals surface area contributed by atoms with Crippen molar-refractivity contribution in [3.05, 3.63) is 0 Å². The molecule has 0 aliphatic carbocycles. The zero-order chi connectivity index (χ0) is 27.2. The fourth-order valence-electron chi connectivity index (χ4n) is 4.98. The summed E-state index contributed by atoms with van der Waals surface area (Å²) in [5.41, 5.74) is 0. The van der Waals surface area contributed by atoms with Crippen molar-refractivity contribution in [2.24, 2.45) is 23.7 Å². The van der Waals surface area contributed by atoms with Crippen LogP contribution in [0.25, 0.3) is 0 Å². The zero-order valence-corrected chi connectivity index (χ0v) is 26.3. The Morgan fingerprint density at radius 3 is 0.806 bits per heavy atom. The van der Waals surface area contributed by atoms with Crippen LogP contribution in [0.2, 0.25) is 0 Å². The molecular weight excluding hydrogens is 438 g/mol. The molecule has 3 heteroatoms. The monoisotopic (exact) mass is 508 g/mol. The highest BCUT2D eigenvalue weighted by Crippen LogP contribution is 2.15. The predicted octanol–water partition coefficient (Wildman–Crippen LogP) is 10.4. The summed E-state index contributed by atoms with van der Waals surface area (Å²) >= 11 is 0. The van der Waals surface area contributed by atoms with Crippen molar-refractivity contribution >= 4 is 5.96 Å². The molecule has 0 bridgehead atoms. The van der Waals surface area contributed by atoms with E-state index in [0.29, 0.717) is 0 Å². The van der Waals surface area contributed by atoms with Gasteiger partial charge in [-0.05, 0) is 49.4 Å². The average Bonchev–Trinajstić information content (AvgIpc) is 2.79. The Bertz CT molecular complexity index is 405. The number of hydrogen-bond acceptors (Lipinski definition) is 1. The third-order valence-electron chi connectivity index (χ3n) is 7.44. The summed E-state index contributed by atoms with van der Waals surface area (Å²) < 4.78 is 0. The third-order valence-corrected chi connectivity index (χ3v) is 7.44. The van der Waals surface area contributed by atoms with Crippen molar-refractivity contribution in [3.63, 3.8) is 0 Å². The third kappa shape index (κ3) is 22.5. The highest BCUT2D eigenvalue weighted by Gasteiger charge is 2.17. The first-order chi connectivity index (χ1) is 17.1. The second-order valence-corrected chi connectivity index (χ2v) is 13.3. The molecule has 0 spiro atoms. The molecule has 0 radical (unpaired) electrons. The quantitative estimate of drug-likeness (QED) is 0.0799. The van der Waals surface area contributed by atoms with E-state index in [2.05, 4.69) is 65.2 Å². The van der Waals surface area contributed by atoms with E-state index < -0.39 is 0 Å². The Labute approximate surface area is 229 Å². The smallest absolute Gasteiger partial charge is 0.193 e. The fraction of sp³-hybridized carbons (Fsp3) is 0.970. The first-order valence-corrected chi connectivity index (χ1v) is 16.2. The van der Waals surface area contributed by atoms with Gasteiger partial charge in [0.2, 0.25) is 0 Å². The van der Waals surface area contributed by atoms with Crippen LogP contribution < -0.4 is 0 Å². The van der Waals surface area contributed by atoms with Gasteiger partial charge in [0.25, 0.3) is 0 Å². The van der Waals surface area contributed by atoms with E-state index in [1.807, 2.05) is 0 Å². The molecule has 216 valence electrons. The van der Waals surface area contributed by atoms with Crippen LogP contribution in [0.5, 0.6) is 0 Å². The van der Waals surface area contributed by atoms with Gasteiger partial charge >= 0.3 is 0 Å². The number of rotatable bonds is 24. The number of nitrogens with one attached hydrogen (secondary N) is 1. The van der Waals surface area contributed by atoms with Crippen molar-refractivity contribution in [2.45, 2.75) is 158 Å². The Morgan fingerprint density at radius 2 is 0.611 bits per heavy atom. The molecule has 0 aliphatic rings. The van der Waals surface area contributed by atoms with Gasteiger partial charge in [0.1, 0.15) is 0 Å². The van der Waals surface area contributed by atoms with Crippen LogP contribution in [-0.4, -0.2) is 41.9 Å². The molecule has 0 fully saturated rings. The molecule has 0 saturated carbocycles. The molecular formula is C33H69N3. The minimum absolute atomic E-state index is 0.808. The number of hydrogen-bond donors (Lipinski definition) is 1. The molecule has 0 amide bonds. The average molecular weight is 508 g/mol. The highest BCUT2D eigenvalue weighted by atomic mass is 15.4. The van der Waals surface area contributed by atoms with Crippen LogP contribution in [0.15, 0.2) is 0 Å². The van der Waals surface area contributed by atoms with E-state index in [1.165, 1.54) is 103 Å². The molecule has 0 aromatic carbocycles. The maximum atomic E-state index is 9.25. The van der Waals surface area contributed by atoms with Crippen LogP contribution in [0.1, 0.15) is 158 Å². The predicted molar refractivity (Wildman–Crippen MR) is 164 cm³/mol. The van der Waals surface area contributed by atoms with E-state index in [-0.39, 0.29) is 0 Å². The number of unbranched alkanes of at least 4 members (excludes halogenated alkanes) is 8. The maximum absolute atomic E-state index is 9.25. The Hall–Kier alpha value is -0.730. The van der Waals surface area contributed by atoms with Crippen LogP contribution in [0, 0.1) is 29.1 Å². The van der Waals surface area contributed by atoms with Crippen LogP contribution in [0.3, 0.4) is 0 Å². The van der Waals surface area contributed by atoms with Gasteiger partial charge in [-0.2, -0.15) is 0 Å². The normalized spacial score (nSPS) is 11.9. The summed E-state index contributed by atoms with van der Waals surface area (Å²) in [5, 5.41) is 9.25. The Morgan fingerprint density at radius 1 is 0.389 bits per heavy atom. The second-order valence-electron chi connectivity index (χ2n) is 13.3. The fourth-order valence-corrected chi connectivity index (χ4v) is 4.98. The van der Waals surface area contributed by atoms with Gasteiger partial charge < -0.3 is 9.80 Å². The van der Waals surface area contributed by atoms with Crippen LogP contribution in [0.4, 0.5) is 0 Å². The summed E-state index contributed by atoms with van der Waals surface area (Å²) in [7, 11) is 0. The first-order valence-electron chi connectivity index (χ1n) is 16.2. The first kappa shape index (κ1) is 35.3. The molecule has 36 heavy (non-hydrogen) atoms. The van der Waals surface area contributed by atoms with Crippen LogP contribution in [-0.2, 0) is 0 Å². The van der Waals surface area contributed by atoms with Crippen molar-refractivity contribution in [1.29, 1.82) is 5.41 Å². The minimum atomic E-state index is 0.808. The van der Waals surface area contributed by atoms with Crippen molar-refractivity contribution in [1.82, 2.24) is 9.80 Å². The maximum Gasteiger partial charge on any atom is 0.193 e. The number of guanidine groups is 1. The van der Waals surface area contributed by atoms with Gasteiger partial charge in [0.15, 0.2) is 5.96 Å². The Balaban J connectivity index is 4.94. The molecule has 0 rings (SSSR count). The Kier molecular flexibility index (Phi) is 22.9. The van der Waals surface area contributed by atoms with E-state index in [1.54, 1.807) is 0 Å². The summed E-state index contributed by atoms with van der Waals surface area (Å²) in [4.78, 5) is 4.90. The van der Waals surface area contributed by atoms with E-state index in [0.717, 1.165) is 55.8 Å². The largest absolute Gasteiger partial charge is 0.343 e. The lowest BCUT2D eigenvalue weighted by molar-refractivity contribution is 0.289. The van der Waals surface area contributed by atoms with E-state index in [4.69, 9.17) is 0 Å². The van der Waals surface area contributed by atoms with Gasteiger partial charge in [-0.15, -0.1) is 0 Å². The van der Waals surface area contributed by atoms with E-state index in [9.17, 15) is 5.41 Å². The standard InChI is InChI=1S/C33H69N3/c1-29(2)21-13-9-17-25-35(26-18-10-14-22-30(3)4)33(34)36(27-19-11-15-23-31(5)6)28-20-12-16-24-32(7)8/h29-32,34H,9-28H2,1-8H3. The molecule has 3 nitrogen and oxygen atoms in total. The summed E-state index contributed by atoms with van der Waals surface area (Å²) in [6, 6.07) is 0. The number of nitrogens with zero attached hydrogens (tertiary/aromatic N) is 2. The molecule has 0 aliphatic heterocycles. The van der Waals surface area contributed by atoms with Gasteiger partial charge in [0, 0.05) is 26.2 Å². The molecule has 0 heterocycles. The van der Waals surface area contributed by atoms with Gasteiger partial charge in [-0.3, -0.25) is 5.41 Å². The van der Waals surface area contributed by atoms with Crippen molar-refractivity contribution in [3.8, 4) is 0 Å². The lowest BCUT2D eigenvalue weighted by atomic mass is 10.0. The van der Waals surface area contributed by atoms with Crippen molar-refractivity contribution < 1.29 is 0 Å². The molecule has 0 atom stereocenters. The van der Waals surface area contributed by atoms with Crippen molar-refractivity contribution in [2.75, 3.05) is 26.2 Å². The minimum Gasteiger partial charge on any atom is -0.343 e. The molecule has 1 N–H and O–H groups in total. The van der Waals surface area contributed by atoms with Gasteiger partial charge in [-0.1, -0.05) is 132 Å².